The van der Waals surface area contributed by atoms with Crippen molar-refractivity contribution in [1.29, 1.82) is 0 Å². The molecule has 0 spiro atoms. The van der Waals surface area contributed by atoms with Crippen LogP contribution < -0.4 is 10.5 Å². The number of aromatic nitrogens is 1. The molecule has 1 heterocycles. The first-order valence-electron chi connectivity index (χ1n) is 5.21. The molecule has 0 radical (unpaired) electrons. The van der Waals surface area contributed by atoms with Crippen LogP contribution in [0.25, 0.3) is 0 Å². The van der Waals surface area contributed by atoms with E-state index in [1.807, 2.05) is 18.2 Å². The van der Waals surface area contributed by atoms with Gasteiger partial charge in [-0.15, -0.1) is 0 Å². The number of nitrogens with zero attached hydrogens (tertiary/aromatic N) is 1. The summed E-state index contributed by atoms with van der Waals surface area (Å²) in [7, 11) is -3.17. The van der Waals surface area contributed by atoms with Gasteiger partial charge in [-0.2, -0.15) is 0 Å². The highest BCUT2D eigenvalue weighted by atomic mass is 32.2. The second-order valence-corrected chi connectivity index (χ2v) is 5.35. The number of nitrogens with one attached hydrogen (secondary N) is 1. The summed E-state index contributed by atoms with van der Waals surface area (Å²) in [5, 5.41) is 0. The molecule has 0 unspecified atom stereocenters. The maximum Gasteiger partial charge on any atom is 0.211 e. The van der Waals surface area contributed by atoms with Gasteiger partial charge < -0.3 is 5.73 Å². The number of pyridine rings is 1. The fraction of sp³-hybridized carbons (Fsp3) is 0.500. The highest BCUT2D eigenvalue weighted by molar-refractivity contribution is 7.89. The summed E-state index contributed by atoms with van der Waals surface area (Å²) in [6, 6.07) is 5.58. The van der Waals surface area contributed by atoms with Crippen LogP contribution in [0, 0.1) is 0 Å². The molecule has 0 saturated carbocycles. The van der Waals surface area contributed by atoms with E-state index in [1.54, 1.807) is 6.20 Å². The lowest BCUT2D eigenvalue weighted by molar-refractivity contribution is 0.579. The van der Waals surface area contributed by atoms with Crippen LogP contribution in [-0.4, -0.2) is 32.2 Å². The first-order chi connectivity index (χ1) is 7.64. The Balaban J connectivity index is 2.30. The molecule has 6 heteroatoms. The normalized spacial score (nSPS) is 11.6. The van der Waals surface area contributed by atoms with Gasteiger partial charge in [0.2, 0.25) is 10.0 Å². The van der Waals surface area contributed by atoms with Crippen LogP contribution in [-0.2, 0) is 16.4 Å². The quantitative estimate of drug-likeness (QED) is 0.700. The zero-order chi connectivity index (χ0) is 11.9. The largest absolute Gasteiger partial charge is 0.330 e. The molecule has 1 rings (SSSR count). The monoisotopic (exact) mass is 243 g/mol. The number of hydrogen-bond donors (Lipinski definition) is 2. The third-order valence-electron chi connectivity index (χ3n) is 2.05. The lowest BCUT2D eigenvalue weighted by Gasteiger charge is -2.05. The molecule has 0 saturated heterocycles. The van der Waals surface area contributed by atoms with Crippen molar-refractivity contribution in [2.75, 3.05) is 18.8 Å². The fourth-order valence-electron chi connectivity index (χ4n) is 1.23. The topological polar surface area (TPSA) is 85.1 Å². The van der Waals surface area contributed by atoms with Gasteiger partial charge in [0.1, 0.15) is 0 Å². The summed E-state index contributed by atoms with van der Waals surface area (Å²) in [6.45, 7) is 0.769. The minimum Gasteiger partial charge on any atom is -0.330 e. The van der Waals surface area contributed by atoms with E-state index in [2.05, 4.69) is 9.71 Å². The lowest BCUT2D eigenvalue weighted by Crippen LogP contribution is -2.29. The van der Waals surface area contributed by atoms with Crippen LogP contribution in [0.2, 0.25) is 0 Å². The van der Waals surface area contributed by atoms with Crippen LogP contribution in [0.1, 0.15) is 12.1 Å². The van der Waals surface area contributed by atoms with Crippen LogP contribution in [0.4, 0.5) is 0 Å². The first-order valence-corrected chi connectivity index (χ1v) is 6.86. The number of rotatable bonds is 7. The van der Waals surface area contributed by atoms with Gasteiger partial charge >= 0.3 is 0 Å². The molecule has 0 aromatic carbocycles. The van der Waals surface area contributed by atoms with E-state index < -0.39 is 10.0 Å². The highest BCUT2D eigenvalue weighted by Crippen LogP contribution is 1.94. The molecular formula is C10H17N3O2S. The van der Waals surface area contributed by atoms with Crippen LogP contribution in [0.15, 0.2) is 24.4 Å². The SMILES string of the molecule is NCCCS(=O)(=O)NCCc1ccccn1. The Labute approximate surface area is 96.1 Å². The van der Waals surface area contributed by atoms with E-state index in [0.717, 1.165) is 5.69 Å². The molecule has 0 amide bonds. The molecule has 1 aromatic heterocycles. The molecule has 16 heavy (non-hydrogen) atoms. The number of hydrogen-bond acceptors (Lipinski definition) is 4. The molecule has 5 nitrogen and oxygen atoms in total. The zero-order valence-electron chi connectivity index (χ0n) is 9.09. The maximum absolute atomic E-state index is 11.4. The van der Waals surface area contributed by atoms with Crippen LogP contribution >= 0.6 is 0 Å². The molecule has 0 fully saturated rings. The van der Waals surface area contributed by atoms with Gasteiger partial charge in [0, 0.05) is 24.9 Å². The van der Waals surface area contributed by atoms with E-state index in [4.69, 9.17) is 5.73 Å². The molecule has 1 aromatic rings. The molecule has 0 atom stereocenters. The minimum atomic E-state index is -3.17. The van der Waals surface area contributed by atoms with Gasteiger partial charge in [0.05, 0.1) is 5.75 Å². The third kappa shape index (κ3) is 5.20. The summed E-state index contributed by atoms with van der Waals surface area (Å²) in [6.07, 6.45) is 2.78. The van der Waals surface area contributed by atoms with Gasteiger partial charge in [-0.1, -0.05) is 6.07 Å². The smallest absolute Gasteiger partial charge is 0.211 e. The third-order valence-corrected chi connectivity index (χ3v) is 3.52. The Kier molecular flexibility index (Phi) is 5.37. The molecule has 0 aliphatic heterocycles. The van der Waals surface area contributed by atoms with E-state index in [1.165, 1.54) is 0 Å². The molecule has 0 aliphatic rings. The summed E-state index contributed by atoms with van der Waals surface area (Å²) in [5.41, 5.74) is 6.13. The Bertz CT molecular complexity index is 392. The van der Waals surface area contributed by atoms with Crippen molar-refractivity contribution >= 4 is 10.0 Å². The van der Waals surface area contributed by atoms with Gasteiger partial charge in [-0.3, -0.25) is 4.98 Å². The number of sulfonamides is 1. The van der Waals surface area contributed by atoms with Gasteiger partial charge in [-0.05, 0) is 25.1 Å². The second kappa shape index (κ2) is 6.57. The predicted molar refractivity (Wildman–Crippen MR) is 63.4 cm³/mol. The van der Waals surface area contributed by atoms with E-state index in [9.17, 15) is 8.42 Å². The standard InChI is InChI=1S/C10H17N3O2S/c11-6-3-9-16(14,15)13-8-5-10-4-1-2-7-12-10/h1-2,4,7,13H,3,5-6,8-9,11H2. The van der Waals surface area contributed by atoms with Gasteiger partial charge in [0.15, 0.2) is 0 Å². The highest BCUT2D eigenvalue weighted by Gasteiger charge is 2.08. The van der Waals surface area contributed by atoms with Crippen molar-refractivity contribution in [3.05, 3.63) is 30.1 Å². The summed E-state index contributed by atoms with van der Waals surface area (Å²) in [5.74, 6) is 0.0890. The average molecular weight is 243 g/mol. The second-order valence-electron chi connectivity index (χ2n) is 3.43. The van der Waals surface area contributed by atoms with Crippen molar-refractivity contribution in [2.24, 2.45) is 5.73 Å². The molecular weight excluding hydrogens is 226 g/mol. The van der Waals surface area contributed by atoms with Crippen molar-refractivity contribution in [3.8, 4) is 0 Å². The molecule has 90 valence electrons. The van der Waals surface area contributed by atoms with E-state index >= 15 is 0 Å². The van der Waals surface area contributed by atoms with Crippen LogP contribution in [0.3, 0.4) is 0 Å². The van der Waals surface area contributed by atoms with Crippen LogP contribution in [0.5, 0.6) is 0 Å². The summed E-state index contributed by atoms with van der Waals surface area (Å²) in [4.78, 5) is 4.11. The van der Waals surface area contributed by atoms with E-state index in [0.29, 0.717) is 25.9 Å². The van der Waals surface area contributed by atoms with Crippen molar-refractivity contribution in [3.63, 3.8) is 0 Å². The maximum atomic E-state index is 11.4. The lowest BCUT2D eigenvalue weighted by atomic mass is 10.3. The van der Waals surface area contributed by atoms with Crippen molar-refractivity contribution < 1.29 is 8.42 Å². The Hall–Kier alpha value is -0.980. The zero-order valence-corrected chi connectivity index (χ0v) is 9.91. The molecule has 0 bridgehead atoms. The van der Waals surface area contributed by atoms with Gasteiger partial charge in [-0.25, -0.2) is 13.1 Å². The van der Waals surface area contributed by atoms with Crippen molar-refractivity contribution in [1.82, 2.24) is 9.71 Å². The number of nitrogens with two attached hydrogens (primary N) is 1. The Morgan fingerprint density at radius 3 is 2.81 bits per heavy atom. The fourth-order valence-corrected chi connectivity index (χ4v) is 2.33. The Morgan fingerprint density at radius 1 is 1.38 bits per heavy atom. The summed E-state index contributed by atoms with van der Waals surface area (Å²) < 4.78 is 25.3. The summed E-state index contributed by atoms with van der Waals surface area (Å²) >= 11 is 0. The molecule has 3 N–H and O–H groups in total. The Morgan fingerprint density at radius 2 is 2.19 bits per heavy atom. The average Bonchev–Trinajstić information content (AvgIpc) is 2.28. The van der Waals surface area contributed by atoms with E-state index in [-0.39, 0.29) is 5.75 Å². The van der Waals surface area contributed by atoms with Crippen molar-refractivity contribution in [2.45, 2.75) is 12.8 Å². The predicted octanol–water partition coefficient (Wildman–Crippen LogP) is -0.108. The van der Waals surface area contributed by atoms with Gasteiger partial charge in [0.25, 0.3) is 0 Å². The molecule has 0 aliphatic carbocycles. The minimum absolute atomic E-state index is 0.0890. The first kappa shape index (κ1) is 13.1.